The van der Waals surface area contributed by atoms with Gasteiger partial charge in [0.2, 0.25) is 10.0 Å². The van der Waals surface area contributed by atoms with Gasteiger partial charge in [-0.15, -0.1) is 11.3 Å². The van der Waals surface area contributed by atoms with Gasteiger partial charge in [-0.25, -0.2) is 13.1 Å². The van der Waals surface area contributed by atoms with Crippen LogP contribution in [-0.4, -0.2) is 34.7 Å². The third-order valence-corrected chi connectivity index (χ3v) is 5.67. The summed E-state index contributed by atoms with van der Waals surface area (Å²) < 4.78 is 32.8. The average Bonchev–Trinajstić information content (AvgIpc) is 2.59. The first-order valence-electron chi connectivity index (χ1n) is 5.98. The van der Waals surface area contributed by atoms with Gasteiger partial charge in [0, 0.05) is 18.5 Å². The van der Waals surface area contributed by atoms with Crippen molar-refractivity contribution in [1.29, 1.82) is 0 Å². The van der Waals surface area contributed by atoms with Gasteiger partial charge in [0.1, 0.15) is 4.90 Å². The van der Waals surface area contributed by atoms with Crippen molar-refractivity contribution in [2.45, 2.75) is 37.8 Å². The molecule has 5 nitrogen and oxygen atoms in total. The summed E-state index contributed by atoms with van der Waals surface area (Å²) in [6.07, 6.45) is 0. The van der Waals surface area contributed by atoms with E-state index in [9.17, 15) is 8.42 Å². The van der Waals surface area contributed by atoms with Gasteiger partial charge in [0.25, 0.3) is 0 Å². The van der Waals surface area contributed by atoms with E-state index in [0.717, 1.165) is 10.4 Å². The van der Waals surface area contributed by atoms with Crippen LogP contribution in [0, 0.1) is 6.92 Å². The minimum absolute atomic E-state index is 0.316. The SMILES string of the molecule is CNCc1scc(C)c1S(=O)(=O)NC(C)(C)COC. The zero-order chi connectivity index (χ0) is 14.7. The number of thiophene rings is 1. The van der Waals surface area contributed by atoms with Crippen molar-refractivity contribution in [2.24, 2.45) is 0 Å². The fourth-order valence-corrected chi connectivity index (χ4v) is 5.16. The summed E-state index contributed by atoms with van der Waals surface area (Å²) in [6, 6.07) is 0. The van der Waals surface area contributed by atoms with Gasteiger partial charge in [0.15, 0.2) is 0 Å². The number of ether oxygens (including phenoxy) is 1. The van der Waals surface area contributed by atoms with Crippen molar-refractivity contribution >= 4 is 21.4 Å². The van der Waals surface area contributed by atoms with Crippen molar-refractivity contribution < 1.29 is 13.2 Å². The lowest BCUT2D eigenvalue weighted by Gasteiger charge is -2.25. The zero-order valence-electron chi connectivity index (χ0n) is 12.0. The molecule has 0 bridgehead atoms. The highest BCUT2D eigenvalue weighted by Crippen LogP contribution is 2.27. The summed E-state index contributed by atoms with van der Waals surface area (Å²) >= 11 is 1.45. The van der Waals surface area contributed by atoms with E-state index in [4.69, 9.17) is 4.74 Å². The number of methoxy groups -OCH3 is 1. The highest BCUT2D eigenvalue weighted by atomic mass is 32.2. The van der Waals surface area contributed by atoms with Crippen LogP contribution in [0.25, 0.3) is 0 Å². The lowest BCUT2D eigenvalue weighted by Crippen LogP contribution is -2.46. The molecule has 0 atom stereocenters. The fraction of sp³-hybridized carbons (Fsp3) is 0.667. The summed E-state index contributed by atoms with van der Waals surface area (Å²) in [6.45, 7) is 6.27. The van der Waals surface area contributed by atoms with Crippen LogP contribution >= 0.6 is 11.3 Å². The fourth-order valence-electron chi connectivity index (χ4n) is 1.94. The molecule has 1 rings (SSSR count). The van der Waals surface area contributed by atoms with Gasteiger partial charge in [-0.05, 0) is 38.8 Å². The van der Waals surface area contributed by atoms with Crippen LogP contribution in [0.1, 0.15) is 24.3 Å². The molecule has 2 N–H and O–H groups in total. The lowest BCUT2D eigenvalue weighted by molar-refractivity contribution is 0.141. The molecular weight excluding hydrogens is 284 g/mol. The molecule has 19 heavy (non-hydrogen) atoms. The summed E-state index contributed by atoms with van der Waals surface area (Å²) in [5.41, 5.74) is 0.134. The van der Waals surface area contributed by atoms with Gasteiger partial charge >= 0.3 is 0 Å². The Balaban J connectivity index is 3.10. The van der Waals surface area contributed by atoms with E-state index in [0.29, 0.717) is 18.0 Å². The van der Waals surface area contributed by atoms with Crippen molar-refractivity contribution in [3.8, 4) is 0 Å². The molecule has 1 aromatic rings. The summed E-state index contributed by atoms with van der Waals surface area (Å²) in [5.74, 6) is 0. The molecule has 0 aromatic carbocycles. The third kappa shape index (κ3) is 4.25. The molecule has 7 heteroatoms. The van der Waals surface area contributed by atoms with E-state index in [1.165, 1.54) is 11.3 Å². The number of hydrogen-bond acceptors (Lipinski definition) is 5. The minimum Gasteiger partial charge on any atom is -0.383 e. The van der Waals surface area contributed by atoms with Gasteiger partial charge in [-0.2, -0.15) is 0 Å². The molecule has 0 aliphatic rings. The van der Waals surface area contributed by atoms with Crippen molar-refractivity contribution in [2.75, 3.05) is 20.8 Å². The number of hydrogen-bond donors (Lipinski definition) is 2. The molecule has 0 amide bonds. The van der Waals surface area contributed by atoms with Gasteiger partial charge in [-0.3, -0.25) is 0 Å². The molecule has 0 saturated heterocycles. The van der Waals surface area contributed by atoms with Crippen molar-refractivity contribution in [1.82, 2.24) is 10.0 Å². The first-order valence-corrected chi connectivity index (χ1v) is 8.34. The van der Waals surface area contributed by atoms with Crippen LogP contribution in [0.3, 0.4) is 0 Å². The monoisotopic (exact) mass is 306 g/mol. The first-order chi connectivity index (χ1) is 8.73. The van der Waals surface area contributed by atoms with Gasteiger partial charge in [0.05, 0.1) is 12.1 Å². The van der Waals surface area contributed by atoms with Crippen molar-refractivity contribution in [3.63, 3.8) is 0 Å². The van der Waals surface area contributed by atoms with Crippen LogP contribution in [0.4, 0.5) is 0 Å². The first kappa shape index (κ1) is 16.6. The molecule has 0 spiro atoms. The highest BCUT2D eigenvalue weighted by molar-refractivity contribution is 7.89. The van der Waals surface area contributed by atoms with E-state index in [1.54, 1.807) is 28.0 Å². The van der Waals surface area contributed by atoms with E-state index < -0.39 is 15.6 Å². The zero-order valence-corrected chi connectivity index (χ0v) is 13.7. The molecule has 0 fully saturated rings. The second-order valence-electron chi connectivity index (χ2n) is 5.12. The molecule has 0 aliphatic heterocycles. The standard InChI is InChI=1S/C12H22N2O3S2/c1-9-7-18-10(6-13-4)11(9)19(15,16)14-12(2,3)8-17-5/h7,13-14H,6,8H2,1-5H3. The Hall–Kier alpha value is -0.470. The van der Waals surface area contributed by atoms with Gasteiger partial charge in [-0.1, -0.05) is 0 Å². The van der Waals surface area contributed by atoms with Gasteiger partial charge < -0.3 is 10.1 Å². The Labute approximate surface area is 119 Å². The summed E-state index contributed by atoms with van der Waals surface area (Å²) in [4.78, 5) is 1.21. The van der Waals surface area contributed by atoms with E-state index in [-0.39, 0.29) is 0 Å². The van der Waals surface area contributed by atoms with Crippen LogP contribution in [0.2, 0.25) is 0 Å². The second-order valence-corrected chi connectivity index (χ2v) is 7.71. The number of nitrogens with one attached hydrogen (secondary N) is 2. The largest absolute Gasteiger partial charge is 0.383 e. The molecule has 0 saturated carbocycles. The van der Waals surface area contributed by atoms with Crippen LogP contribution in [0.15, 0.2) is 10.3 Å². The predicted octanol–water partition coefficient (Wildman–Crippen LogP) is 1.48. The maximum Gasteiger partial charge on any atom is 0.242 e. The molecule has 0 unspecified atom stereocenters. The molecular formula is C12H22N2O3S2. The smallest absolute Gasteiger partial charge is 0.242 e. The minimum atomic E-state index is -3.54. The molecule has 0 aliphatic carbocycles. The van der Waals surface area contributed by atoms with E-state index >= 15 is 0 Å². The molecule has 110 valence electrons. The Morgan fingerprint density at radius 1 is 1.42 bits per heavy atom. The quantitative estimate of drug-likeness (QED) is 0.801. The molecule has 1 heterocycles. The maximum absolute atomic E-state index is 12.5. The Morgan fingerprint density at radius 2 is 2.05 bits per heavy atom. The van der Waals surface area contributed by atoms with Crippen molar-refractivity contribution in [3.05, 3.63) is 15.8 Å². The third-order valence-electron chi connectivity index (χ3n) is 2.51. The predicted molar refractivity (Wildman–Crippen MR) is 78.1 cm³/mol. The van der Waals surface area contributed by atoms with Crippen LogP contribution < -0.4 is 10.0 Å². The van der Waals surface area contributed by atoms with Crippen LogP contribution in [0.5, 0.6) is 0 Å². The van der Waals surface area contributed by atoms with E-state index in [2.05, 4.69) is 10.0 Å². The Kier molecular flexibility index (Phi) is 5.52. The van der Waals surface area contributed by atoms with E-state index in [1.807, 2.05) is 12.3 Å². The highest BCUT2D eigenvalue weighted by Gasteiger charge is 2.29. The van der Waals surface area contributed by atoms with Crippen LogP contribution in [-0.2, 0) is 21.3 Å². The Morgan fingerprint density at radius 3 is 2.58 bits per heavy atom. The number of aryl methyl sites for hydroxylation is 1. The number of sulfonamides is 1. The molecule has 1 aromatic heterocycles. The summed E-state index contributed by atoms with van der Waals surface area (Å²) in [7, 11) is -0.187. The molecule has 0 radical (unpaired) electrons. The maximum atomic E-state index is 12.5. The average molecular weight is 306 g/mol. The topological polar surface area (TPSA) is 67.4 Å². The lowest BCUT2D eigenvalue weighted by atomic mass is 10.1. The number of rotatable bonds is 7. The summed E-state index contributed by atoms with van der Waals surface area (Å²) in [5, 5.41) is 4.86. The Bertz CT molecular complexity index is 521. The normalized spacial score (nSPS) is 12.9. The second kappa shape index (κ2) is 6.32.